The van der Waals surface area contributed by atoms with Crippen molar-refractivity contribution in [1.82, 2.24) is 10.3 Å². The summed E-state index contributed by atoms with van der Waals surface area (Å²) in [6.45, 7) is 7.33. The van der Waals surface area contributed by atoms with Crippen molar-refractivity contribution >= 4 is 11.5 Å². The van der Waals surface area contributed by atoms with E-state index in [1.54, 1.807) is 0 Å². The monoisotopic (exact) mass is 269 g/mol. The maximum atomic E-state index is 4.61. The molecule has 0 bridgehead atoms. The highest BCUT2D eigenvalue weighted by atomic mass is 15.2. The number of nitrogens with zero attached hydrogens (tertiary/aromatic N) is 2. The van der Waals surface area contributed by atoms with E-state index in [0.29, 0.717) is 0 Å². The number of hydrogen-bond acceptors (Lipinski definition) is 3. The zero-order valence-electron chi connectivity index (χ0n) is 12.7. The molecule has 106 valence electrons. The highest BCUT2D eigenvalue weighted by Crippen LogP contribution is 2.30. The van der Waals surface area contributed by atoms with Gasteiger partial charge in [0.05, 0.1) is 0 Å². The molecule has 0 aliphatic rings. The molecule has 0 aliphatic heterocycles. The second kappa shape index (κ2) is 6.53. The fourth-order valence-electron chi connectivity index (χ4n) is 2.38. The SMILES string of the molecule is CCN(c1cccc(C)c1)c1ncccc1C(C)NC. The zero-order valence-corrected chi connectivity index (χ0v) is 12.7. The maximum Gasteiger partial charge on any atom is 0.137 e. The van der Waals surface area contributed by atoms with Crippen LogP contribution in [-0.2, 0) is 0 Å². The largest absolute Gasteiger partial charge is 0.326 e. The second-order valence-corrected chi connectivity index (χ2v) is 5.01. The lowest BCUT2D eigenvalue weighted by Gasteiger charge is -2.26. The summed E-state index contributed by atoms with van der Waals surface area (Å²) in [5.74, 6) is 1.03. The fourth-order valence-corrected chi connectivity index (χ4v) is 2.38. The van der Waals surface area contributed by atoms with Crippen LogP contribution in [-0.4, -0.2) is 18.6 Å². The summed E-state index contributed by atoms with van der Waals surface area (Å²) in [7, 11) is 1.98. The van der Waals surface area contributed by atoms with Crippen LogP contribution >= 0.6 is 0 Å². The predicted octanol–water partition coefficient (Wildman–Crippen LogP) is 3.83. The Bertz CT molecular complexity index is 566. The molecule has 2 rings (SSSR count). The lowest BCUT2D eigenvalue weighted by molar-refractivity contribution is 0.648. The standard InChI is InChI=1S/C17H23N3/c1-5-20(15-9-6-8-13(2)12-15)17-16(14(3)18-4)10-7-11-19-17/h6-12,14,18H,5H2,1-4H3. The van der Waals surface area contributed by atoms with E-state index in [0.717, 1.165) is 12.4 Å². The summed E-state index contributed by atoms with van der Waals surface area (Å²) in [5, 5.41) is 3.30. The molecule has 0 spiro atoms. The van der Waals surface area contributed by atoms with E-state index in [2.05, 4.69) is 66.3 Å². The van der Waals surface area contributed by atoms with E-state index < -0.39 is 0 Å². The fraction of sp³-hybridized carbons (Fsp3) is 0.353. The molecule has 3 nitrogen and oxygen atoms in total. The molecule has 1 aromatic heterocycles. The molecule has 0 amide bonds. The lowest BCUT2D eigenvalue weighted by atomic mass is 10.1. The summed E-state index contributed by atoms with van der Waals surface area (Å²) in [4.78, 5) is 6.87. The first-order valence-corrected chi connectivity index (χ1v) is 7.13. The Balaban J connectivity index is 2.47. The number of hydrogen-bond donors (Lipinski definition) is 1. The molecule has 1 unspecified atom stereocenters. The van der Waals surface area contributed by atoms with Gasteiger partial charge in [-0.25, -0.2) is 4.98 Å². The van der Waals surface area contributed by atoms with Crippen LogP contribution in [0.5, 0.6) is 0 Å². The molecule has 0 fully saturated rings. The quantitative estimate of drug-likeness (QED) is 0.894. The molecule has 2 aromatic rings. The number of benzene rings is 1. The van der Waals surface area contributed by atoms with Gasteiger partial charge in [0.1, 0.15) is 5.82 Å². The van der Waals surface area contributed by atoms with E-state index in [1.807, 2.05) is 19.3 Å². The zero-order chi connectivity index (χ0) is 14.5. The predicted molar refractivity (Wildman–Crippen MR) is 85.6 cm³/mol. The van der Waals surface area contributed by atoms with E-state index in [-0.39, 0.29) is 6.04 Å². The van der Waals surface area contributed by atoms with Crippen LogP contribution < -0.4 is 10.2 Å². The van der Waals surface area contributed by atoms with E-state index >= 15 is 0 Å². The minimum absolute atomic E-state index is 0.276. The van der Waals surface area contributed by atoms with Crippen molar-refractivity contribution in [2.75, 3.05) is 18.5 Å². The molecule has 1 aromatic carbocycles. The number of pyridine rings is 1. The van der Waals surface area contributed by atoms with Crippen LogP contribution in [0.1, 0.15) is 31.0 Å². The summed E-state index contributed by atoms with van der Waals surface area (Å²) in [6, 6.07) is 13.0. The molecule has 20 heavy (non-hydrogen) atoms. The van der Waals surface area contributed by atoms with Crippen molar-refractivity contribution in [2.45, 2.75) is 26.8 Å². The molecule has 0 radical (unpaired) electrons. The van der Waals surface area contributed by atoms with Gasteiger partial charge in [-0.1, -0.05) is 18.2 Å². The third-order valence-corrected chi connectivity index (χ3v) is 3.60. The van der Waals surface area contributed by atoms with Crippen LogP contribution in [0.2, 0.25) is 0 Å². The smallest absolute Gasteiger partial charge is 0.137 e. The molecule has 3 heteroatoms. The van der Waals surface area contributed by atoms with Gasteiger partial charge in [-0.2, -0.15) is 0 Å². The highest BCUT2D eigenvalue weighted by Gasteiger charge is 2.16. The Labute approximate surface area is 121 Å². The minimum atomic E-state index is 0.276. The van der Waals surface area contributed by atoms with Crippen LogP contribution in [0.4, 0.5) is 11.5 Å². The average Bonchev–Trinajstić information content (AvgIpc) is 2.48. The average molecular weight is 269 g/mol. The van der Waals surface area contributed by atoms with Crippen LogP contribution in [0, 0.1) is 6.92 Å². The van der Waals surface area contributed by atoms with Crippen LogP contribution in [0.3, 0.4) is 0 Å². The van der Waals surface area contributed by atoms with Gasteiger partial charge < -0.3 is 10.2 Å². The lowest BCUT2D eigenvalue weighted by Crippen LogP contribution is -2.22. The third kappa shape index (κ3) is 2.99. The normalized spacial score (nSPS) is 12.2. The van der Waals surface area contributed by atoms with Crippen LogP contribution in [0.15, 0.2) is 42.6 Å². The molecule has 1 N–H and O–H groups in total. The van der Waals surface area contributed by atoms with Crippen molar-refractivity contribution in [1.29, 1.82) is 0 Å². The van der Waals surface area contributed by atoms with Crippen molar-refractivity contribution in [3.05, 3.63) is 53.7 Å². The van der Waals surface area contributed by atoms with E-state index in [4.69, 9.17) is 0 Å². The Hall–Kier alpha value is -1.87. The van der Waals surface area contributed by atoms with Gasteiger partial charge in [0, 0.05) is 30.0 Å². The van der Waals surface area contributed by atoms with Crippen molar-refractivity contribution < 1.29 is 0 Å². The van der Waals surface area contributed by atoms with Gasteiger partial charge in [-0.3, -0.25) is 0 Å². The van der Waals surface area contributed by atoms with E-state index in [1.165, 1.54) is 16.8 Å². The van der Waals surface area contributed by atoms with Crippen molar-refractivity contribution in [2.24, 2.45) is 0 Å². The maximum absolute atomic E-state index is 4.61. The molecular weight excluding hydrogens is 246 g/mol. The molecule has 0 saturated heterocycles. The van der Waals surface area contributed by atoms with Gasteiger partial charge in [-0.05, 0) is 51.6 Å². The Morgan fingerprint density at radius 2 is 2.05 bits per heavy atom. The number of aromatic nitrogens is 1. The van der Waals surface area contributed by atoms with Gasteiger partial charge in [-0.15, -0.1) is 0 Å². The minimum Gasteiger partial charge on any atom is -0.326 e. The van der Waals surface area contributed by atoms with Crippen molar-refractivity contribution in [3.63, 3.8) is 0 Å². The molecule has 0 saturated carbocycles. The Morgan fingerprint density at radius 3 is 2.70 bits per heavy atom. The Kier molecular flexibility index (Phi) is 4.74. The third-order valence-electron chi connectivity index (χ3n) is 3.60. The topological polar surface area (TPSA) is 28.2 Å². The number of nitrogens with one attached hydrogen (secondary N) is 1. The van der Waals surface area contributed by atoms with Crippen LogP contribution in [0.25, 0.3) is 0 Å². The van der Waals surface area contributed by atoms with Gasteiger partial charge in [0.2, 0.25) is 0 Å². The first kappa shape index (κ1) is 14.5. The first-order chi connectivity index (χ1) is 9.67. The summed E-state index contributed by atoms with van der Waals surface area (Å²) in [6.07, 6.45) is 1.86. The van der Waals surface area contributed by atoms with Gasteiger partial charge >= 0.3 is 0 Å². The molecule has 1 heterocycles. The van der Waals surface area contributed by atoms with Crippen molar-refractivity contribution in [3.8, 4) is 0 Å². The second-order valence-electron chi connectivity index (χ2n) is 5.01. The first-order valence-electron chi connectivity index (χ1n) is 7.13. The van der Waals surface area contributed by atoms with E-state index in [9.17, 15) is 0 Å². The number of aryl methyl sites for hydroxylation is 1. The number of rotatable bonds is 5. The van der Waals surface area contributed by atoms with Gasteiger partial charge in [0.15, 0.2) is 0 Å². The highest BCUT2D eigenvalue weighted by molar-refractivity contribution is 5.63. The summed E-state index contributed by atoms with van der Waals surface area (Å²) in [5.41, 5.74) is 3.68. The Morgan fingerprint density at radius 1 is 1.25 bits per heavy atom. The summed E-state index contributed by atoms with van der Waals surface area (Å²) < 4.78 is 0. The number of anilines is 2. The molecular formula is C17H23N3. The molecule has 1 atom stereocenters. The molecule has 0 aliphatic carbocycles. The van der Waals surface area contributed by atoms with Gasteiger partial charge in [0.25, 0.3) is 0 Å². The summed E-state index contributed by atoms with van der Waals surface area (Å²) >= 11 is 0.